The highest BCUT2D eigenvalue weighted by molar-refractivity contribution is 7.80. The molecule has 0 heterocycles. The number of hydrogen-bond donors (Lipinski definition) is 2. The smallest absolute Gasteiger partial charge is 0.220 e. The van der Waals surface area contributed by atoms with Crippen molar-refractivity contribution >= 4 is 23.1 Å². The fraction of sp³-hybridized carbons (Fsp3) is 0.875. The first-order chi connectivity index (χ1) is 9.56. The Morgan fingerprint density at radius 3 is 2.05 bits per heavy atom. The molecule has 0 aromatic rings. The number of amides is 1. The Kier molecular flexibility index (Phi) is 12.9. The zero-order valence-electron chi connectivity index (χ0n) is 13.2. The van der Waals surface area contributed by atoms with Crippen LogP contribution in [0.25, 0.3) is 0 Å². The third kappa shape index (κ3) is 13.8. The minimum Gasteiger partial charge on any atom is -0.393 e. The molecular formula is C16H32N2OS. The number of hydrogen-bond acceptors (Lipinski definition) is 2. The van der Waals surface area contributed by atoms with Gasteiger partial charge in [-0.05, 0) is 13.3 Å². The van der Waals surface area contributed by atoms with Crippen molar-refractivity contribution in [1.82, 2.24) is 5.32 Å². The molecule has 0 radical (unpaired) electrons. The molecule has 0 aromatic carbocycles. The molecular weight excluding hydrogens is 268 g/mol. The lowest BCUT2D eigenvalue weighted by molar-refractivity contribution is -0.121. The molecule has 0 fully saturated rings. The van der Waals surface area contributed by atoms with Gasteiger partial charge in [-0.1, -0.05) is 70.5 Å². The fourth-order valence-electron chi connectivity index (χ4n) is 2.30. The molecule has 0 saturated carbocycles. The molecule has 0 aromatic heterocycles. The van der Waals surface area contributed by atoms with Crippen molar-refractivity contribution < 1.29 is 4.79 Å². The predicted octanol–water partition coefficient (Wildman–Crippen LogP) is 4.09. The number of thiocarbonyl (C=S) groups is 1. The Morgan fingerprint density at radius 2 is 1.55 bits per heavy atom. The summed E-state index contributed by atoms with van der Waals surface area (Å²) in [7, 11) is 0. The molecule has 0 bridgehead atoms. The monoisotopic (exact) mass is 300 g/mol. The van der Waals surface area contributed by atoms with Gasteiger partial charge in [0.25, 0.3) is 0 Å². The molecule has 20 heavy (non-hydrogen) atoms. The predicted molar refractivity (Wildman–Crippen MR) is 90.9 cm³/mol. The van der Waals surface area contributed by atoms with Gasteiger partial charge in [-0.15, -0.1) is 0 Å². The van der Waals surface area contributed by atoms with Gasteiger partial charge in [0.1, 0.15) is 0 Å². The van der Waals surface area contributed by atoms with Crippen LogP contribution in [0.1, 0.15) is 84.5 Å². The summed E-state index contributed by atoms with van der Waals surface area (Å²) in [5, 5.41) is 2.93. The summed E-state index contributed by atoms with van der Waals surface area (Å²) in [5.41, 5.74) is 5.45. The summed E-state index contributed by atoms with van der Waals surface area (Å²) in [5.74, 6) is 0.122. The zero-order valence-corrected chi connectivity index (χ0v) is 14.1. The van der Waals surface area contributed by atoms with E-state index in [2.05, 4.69) is 12.2 Å². The van der Waals surface area contributed by atoms with Crippen molar-refractivity contribution in [3.8, 4) is 0 Å². The lowest BCUT2D eigenvalue weighted by Gasteiger charge is -2.12. The second kappa shape index (κ2) is 13.3. The Hall–Kier alpha value is -0.640. The molecule has 0 rings (SSSR count). The molecule has 3 N–H and O–H groups in total. The van der Waals surface area contributed by atoms with E-state index in [0.717, 1.165) is 12.8 Å². The first-order valence-electron chi connectivity index (χ1n) is 8.14. The zero-order chi connectivity index (χ0) is 15.2. The fourth-order valence-corrected chi connectivity index (χ4v) is 2.55. The second-order valence-corrected chi connectivity index (χ2v) is 6.24. The molecule has 0 aliphatic heterocycles. The summed E-state index contributed by atoms with van der Waals surface area (Å²) in [6.45, 7) is 4.18. The molecule has 1 unspecified atom stereocenters. The minimum atomic E-state index is 0.0542. The molecule has 3 nitrogen and oxygen atoms in total. The highest BCUT2D eigenvalue weighted by Crippen LogP contribution is 2.10. The van der Waals surface area contributed by atoms with Crippen LogP contribution in [0, 0.1) is 0 Å². The standard InChI is InChI=1S/C16H32N2OS/c1-3-4-5-6-7-8-9-10-11-12-16(19)18-14(2)13-15(17)20/h14H,3-13H2,1-2H3,(H2,17,20)(H,18,19). The normalized spacial score (nSPS) is 12.1. The maximum absolute atomic E-state index is 11.6. The number of unbranched alkanes of at least 4 members (excludes halogenated alkanes) is 8. The Bertz CT molecular complexity index is 269. The summed E-state index contributed by atoms with van der Waals surface area (Å²) in [4.78, 5) is 12.1. The van der Waals surface area contributed by atoms with Gasteiger partial charge in [-0.2, -0.15) is 0 Å². The van der Waals surface area contributed by atoms with Gasteiger partial charge in [0.2, 0.25) is 5.91 Å². The van der Waals surface area contributed by atoms with Crippen LogP contribution in [0.2, 0.25) is 0 Å². The maximum Gasteiger partial charge on any atom is 0.220 e. The van der Waals surface area contributed by atoms with E-state index >= 15 is 0 Å². The van der Waals surface area contributed by atoms with Crippen LogP contribution in [-0.4, -0.2) is 16.9 Å². The molecule has 1 amide bonds. The van der Waals surface area contributed by atoms with Gasteiger partial charge in [0.15, 0.2) is 0 Å². The quantitative estimate of drug-likeness (QED) is 0.398. The number of carbonyl (C=O) groups is 1. The van der Waals surface area contributed by atoms with Crippen molar-refractivity contribution in [1.29, 1.82) is 0 Å². The lowest BCUT2D eigenvalue weighted by atomic mass is 10.1. The van der Waals surface area contributed by atoms with Gasteiger partial charge >= 0.3 is 0 Å². The topological polar surface area (TPSA) is 55.1 Å². The summed E-state index contributed by atoms with van der Waals surface area (Å²) in [6.07, 6.45) is 12.7. The van der Waals surface area contributed by atoms with E-state index in [-0.39, 0.29) is 11.9 Å². The lowest BCUT2D eigenvalue weighted by Crippen LogP contribution is -2.35. The van der Waals surface area contributed by atoms with Crippen LogP contribution in [0.3, 0.4) is 0 Å². The largest absolute Gasteiger partial charge is 0.393 e. The van der Waals surface area contributed by atoms with Crippen LogP contribution in [0.15, 0.2) is 0 Å². The van der Waals surface area contributed by atoms with Gasteiger partial charge in [0.05, 0.1) is 4.99 Å². The summed E-state index contributed by atoms with van der Waals surface area (Å²) < 4.78 is 0. The van der Waals surface area contributed by atoms with Crippen molar-refractivity contribution in [2.24, 2.45) is 5.73 Å². The van der Waals surface area contributed by atoms with Crippen molar-refractivity contribution in [3.05, 3.63) is 0 Å². The van der Waals surface area contributed by atoms with E-state index in [1.165, 1.54) is 44.9 Å². The summed E-state index contributed by atoms with van der Waals surface area (Å²) >= 11 is 4.82. The molecule has 0 aliphatic rings. The van der Waals surface area contributed by atoms with E-state index in [0.29, 0.717) is 17.8 Å². The molecule has 0 spiro atoms. The number of rotatable bonds is 13. The molecule has 0 saturated heterocycles. The first kappa shape index (κ1) is 19.4. The SMILES string of the molecule is CCCCCCCCCCCC(=O)NC(C)CC(N)=S. The molecule has 1 atom stereocenters. The van der Waals surface area contributed by atoms with Crippen LogP contribution >= 0.6 is 12.2 Å². The van der Waals surface area contributed by atoms with Crippen LogP contribution in [0.4, 0.5) is 0 Å². The van der Waals surface area contributed by atoms with E-state index < -0.39 is 0 Å². The van der Waals surface area contributed by atoms with E-state index in [1.54, 1.807) is 0 Å². The van der Waals surface area contributed by atoms with Gasteiger partial charge < -0.3 is 11.1 Å². The maximum atomic E-state index is 11.6. The van der Waals surface area contributed by atoms with E-state index in [4.69, 9.17) is 18.0 Å². The van der Waals surface area contributed by atoms with Crippen molar-refractivity contribution in [3.63, 3.8) is 0 Å². The van der Waals surface area contributed by atoms with Gasteiger partial charge in [-0.25, -0.2) is 0 Å². The van der Waals surface area contributed by atoms with Crippen LogP contribution < -0.4 is 11.1 Å². The Balaban J connectivity index is 3.33. The first-order valence-corrected chi connectivity index (χ1v) is 8.54. The Labute approximate surface area is 130 Å². The number of carbonyl (C=O) groups excluding carboxylic acids is 1. The highest BCUT2D eigenvalue weighted by atomic mass is 32.1. The number of nitrogens with two attached hydrogens (primary N) is 1. The second-order valence-electron chi connectivity index (χ2n) is 5.72. The highest BCUT2D eigenvalue weighted by Gasteiger charge is 2.07. The third-order valence-corrected chi connectivity index (χ3v) is 3.59. The minimum absolute atomic E-state index is 0.0542. The van der Waals surface area contributed by atoms with Crippen LogP contribution in [-0.2, 0) is 4.79 Å². The average Bonchev–Trinajstić information content (AvgIpc) is 2.35. The third-order valence-electron chi connectivity index (χ3n) is 3.42. The Morgan fingerprint density at radius 1 is 1.05 bits per heavy atom. The van der Waals surface area contributed by atoms with Crippen molar-refractivity contribution in [2.45, 2.75) is 90.5 Å². The molecule has 0 aliphatic carbocycles. The van der Waals surface area contributed by atoms with Gasteiger partial charge in [0, 0.05) is 18.9 Å². The van der Waals surface area contributed by atoms with E-state index in [9.17, 15) is 4.79 Å². The molecule has 118 valence electrons. The number of nitrogens with one attached hydrogen (secondary N) is 1. The van der Waals surface area contributed by atoms with Crippen molar-refractivity contribution in [2.75, 3.05) is 0 Å². The van der Waals surface area contributed by atoms with Crippen LogP contribution in [0.5, 0.6) is 0 Å². The average molecular weight is 301 g/mol. The summed E-state index contributed by atoms with van der Waals surface area (Å²) in [6, 6.07) is 0.0542. The van der Waals surface area contributed by atoms with E-state index in [1.807, 2.05) is 6.92 Å². The molecule has 4 heteroatoms. The van der Waals surface area contributed by atoms with Gasteiger partial charge in [-0.3, -0.25) is 4.79 Å².